The van der Waals surface area contributed by atoms with Crippen molar-refractivity contribution in [3.63, 3.8) is 0 Å². The molecule has 16 heavy (non-hydrogen) atoms. The molecule has 1 aromatic heterocycles. The predicted octanol–water partition coefficient (Wildman–Crippen LogP) is 2.05. The summed E-state index contributed by atoms with van der Waals surface area (Å²) in [6.45, 7) is 2.05. The third-order valence-corrected chi connectivity index (χ3v) is 3.79. The fourth-order valence-corrected chi connectivity index (χ4v) is 2.61. The molecule has 0 radical (unpaired) electrons. The van der Waals surface area contributed by atoms with Crippen LogP contribution in [0.4, 0.5) is 0 Å². The summed E-state index contributed by atoms with van der Waals surface area (Å²) >= 11 is 1.57. The van der Waals surface area contributed by atoms with Crippen LogP contribution in [0.1, 0.15) is 37.2 Å². The molecule has 0 amide bonds. The molecule has 5 heteroatoms. The number of aromatic nitrogens is 1. The van der Waals surface area contributed by atoms with Crippen molar-refractivity contribution in [3.8, 4) is 0 Å². The molecule has 1 aromatic rings. The first kappa shape index (κ1) is 11.5. The average molecular weight is 240 g/mol. The van der Waals surface area contributed by atoms with Crippen LogP contribution < -0.4 is 5.32 Å². The number of carbonyl (C=O) groups is 1. The fourth-order valence-electron chi connectivity index (χ4n) is 1.83. The van der Waals surface area contributed by atoms with Gasteiger partial charge in [0.25, 0.3) is 0 Å². The van der Waals surface area contributed by atoms with Gasteiger partial charge in [-0.15, -0.1) is 11.3 Å². The summed E-state index contributed by atoms with van der Waals surface area (Å²) in [7, 11) is 0. The maximum absolute atomic E-state index is 11.1. The summed E-state index contributed by atoms with van der Waals surface area (Å²) in [5.41, 5.74) is 0. The second kappa shape index (κ2) is 4.93. The molecular weight excluding hydrogens is 224 g/mol. The molecule has 4 nitrogen and oxygen atoms in total. The Morgan fingerprint density at radius 3 is 2.94 bits per heavy atom. The largest absolute Gasteiger partial charge is 0.480 e. The molecule has 1 aliphatic carbocycles. The lowest BCUT2D eigenvalue weighted by Gasteiger charge is -2.20. The Morgan fingerprint density at radius 1 is 1.75 bits per heavy atom. The van der Waals surface area contributed by atoms with Crippen LogP contribution in [0.5, 0.6) is 0 Å². The normalized spacial score (nSPS) is 19.3. The zero-order valence-electron chi connectivity index (χ0n) is 9.22. The highest BCUT2D eigenvalue weighted by atomic mass is 32.1. The molecule has 0 aliphatic heterocycles. The van der Waals surface area contributed by atoms with E-state index in [2.05, 4.69) is 10.3 Å². The van der Waals surface area contributed by atoms with Gasteiger partial charge in [-0.05, 0) is 25.2 Å². The zero-order valence-corrected chi connectivity index (χ0v) is 10.0. The summed E-state index contributed by atoms with van der Waals surface area (Å²) in [5, 5.41) is 15.3. The van der Waals surface area contributed by atoms with Crippen molar-refractivity contribution in [1.82, 2.24) is 10.3 Å². The van der Waals surface area contributed by atoms with Gasteiger partial charge < -0.3 is 5.11 Å². The summed E-state index contributed by atoms with van der Waals surface area (Å²) in [6.07, 6.45) is 4.68. The quantitative estimate of drug-likeness (QED) is 0.799. The highest BCUT2D eigenvalue weighted by molar-refractivity contribution is 7.09. The predicted molar refractivity (Wildman–Crippen MR) is 62.4 cm³/mol. The summed E-state index contributed by atoms with van der Waals surface area (Å²) in [4.78, 5) is 15.4. The molecule has 2 atom stereocenters. The lowest BCUT2D eigenvalue weighted by atomic mass is 10.1. The van der Waals surface area contributed by atoms with Crippen molar-refractivity contribution in [1.29, 1.82) is 0 Å². The Labute approximate surface area is 98.7 Å². The van der Waals surface area contributed by atoms with E-state index in [4.69, 9.17) is 5.11 Å². The first-order valence-corrected chi connectivity index (χ1v) is 6.48. The first-order valence-electron chi connectivity index (χ1n) is 5.60. The number of carboxylic acid groups (broad SMARTS) is 1. The number of hydrogen-bond acceptors (Lipinski definition) is 4. The second-order valence-electron chi connectivity index (χ2n) is 4.15. The van der Waals surface area contributed by atoms with Crippen LogP contribution in [0, 0.1) is 5.92 Å². The van der Waals surface area contributed by atoms with E-state index in [1.54, 1.807) is 17.5 Å². The minimum absolute atomic E-state index is 0.0710. The van der Waals surface area contributed by atoms with E-state index in [0.717, 1.165) is 24.3 Å². The molecule has 0 aromatic carbocycles. The molecule has 2 unspecified atom stereocenters. The monoisotopic (exact) mass is 240 g/mol. The lowest BCUT2D eigenvalue weighted by molar-refractivity contribution is -0.140. The SMILES string of the molecule is CCC(NC(C(=O)O)C1CC1)c1nccs1. The molecule has 1 heterocycles. The molecular formula is C11H16N2O2S. The highest BCUT2D eigenvalue weighted by Gasteiger charge is 2.37. The zero-order chi connectivity index (χ0) is 11.5. The molecule has 0 saturated heterocycles. The van der Waals surface area contributed by atoms with E-state index in [-0.39, 0.29) is 6.04 Å². The van der Waals surface area contributed by atoms with Crippen LogP contribution in [0.25, 0.3) is 0 Å². The van der Waals surface area contributed by atoms with E-state index < -0.39 is 12.0 Å². The van der Waals surface area contributed by atoms with Crippen LogP contribution in [0.2, 0.25) is 0 Å². The van der Waals surface area contributed by atoms with E-state index in [1.807, 2.05) is 12.3 Å². The van der Waals surface area contributed by atoms with Crippen molar-refractivity contribution < 1.29 is 9.90 Å². The summed E-state index contributed by atoms with van der Waals surface area (Å²) < 4.78 is 0. The smallest absolute Gasteiger partial charge is 0.321 e. The van der Waals surface area contributed by atoms with E-state index in [1.165, 1.54) is 0 Å². The van der Waals surface area contributed by atoms with Crippen molar-refractivity contribution in [2.75, 3.05) is 0 Å². The number of nitrogens with one attached hydrogen (secondary N) is 1. The molecule has 0 spiro atoms. The van der Waals surface area contributed by atoms with Gasteiger partial charge in [-0.1, -0.05) is 6.92 Å². The minimum Gasteiger partial charge on any atom is -0.480 e. The van der Waals surface area contributed by atoms with Gasteiger partial charge in [-0.3, -0.25) is 10.1 Å². The van der Waals surface area contributed by atoms with Crippen LogP contribution >= 0.6 is 11.3 Å². The van der Waals surface area contributed by atoms with E-state index in [0.29, 0.717) is 5.92 Å². The minimum atomic E-state index is -0.738. The van der Waals surface area contributed by atoms with Crippen molar-refractivity contribution >= 4 is 17.3 Å². The Bertz CT molecular complexity index is 349. The van der Waals surface area contributed by atoms with Gasteiger partial charge >= 0.3 is 5.97 Å². The third kappa shape index (κ3) is 2.59. The number of hydrogen-bond donors (Lipinski definition) is 2. The molecule has 2 N–H and O–H groups in total. The number of aliphatic carboxylic acids is 1. The van der Waals surface area contributed by atoms with E-state index >= 15 is 0 Å². The highest BCUT2D eigenvalue weighted by Crippen LogP contribution is 2.34. The Morgan fingerprint density at radius 2 is 2.50 bits per heavy atom. The Hall–Kier alpha value is -0.940. The van der Waals surface area contributed by atoms with Gasteiger partial charge in [0, 0.05) is 11.6 Å². The van der Waals surface area contributed by atoms with Gasteiger partial charge in [0.1, 0.15) is 11.0 Å². The van der Waals surface area contributed by atoms with Crippen LogP contribution in [0.3, 0.4) is 0 Å². The summed E-state index contributed by atoms with van der Waals surface area (Å²) in [5.74, 6) is -0.427. The molecule has 1 fully saturated rings. The molecule has 2 rings (SSSR count). The van der Waals surface area contributed by atoms with Crippen molar-refractivity contribution in [2.45, 2.75) is 38.3 Å². The van der Waals surface area contributed by atoms with Gasteiger partial charge in [-0.2, -0.15) is 0 Å². The van der Waals surface area contributed by atoms with Gasteiger partial charge in [0.2, 0.25) is 0 Å². The lowest BCUT2D eigenvalue weighted by Crippen LogP contribution is -2.40. The standard InChI is InChI=1S/C11H16N2O2S/c1-2-8(10-12-5-6-16-10)13-9(11(14)15)7-3-4-7/h5-9,13H,2-4H2,1H3,(H,14,15). The van der Waals surface area contributed by atoms with Crippen LogP contribution in [0.15, 0.2) is 11.6 Å². The Balaban J connectivity index is 2.02. The Kier molecular flexibility index (Phi) is 3.56. The molecule has 0 bridgehead atoms. The van der Waals surface area contributed by atoms with Crippen molar-refractivity contribution in [2.24, 2.45) is 5.92 Å². The topological polar surface area (TPSA) is 62.2 Å². The maximum Gasteiger partial charge on any atom is 0.321 e. The third-order valence-electron chi connectivity index (χ3n) is 2.90. The van der Waals surface area contributed by atoms with Crippen LogP contribution in [-0.4, -0.2) is 22.1 Å². The molecule has 1 saturated carbocycles. The van der Waals surface area contributed by atoms with Gasteiger partial charge in [-0.25, -0.2) is 4.98 Å². The molecule has 1 aliphatic rings. The van der Waals surface area contributed by atoms with E-state index in [9.17, 15) is 4.79 Å². The van der Waals surface area contributed by atoms with Gasteiger partial charge in [0.15, 0.2) is 0 Å². The molecule has 88 valence electrons. The average Bonchev–Trinajstić information content (AvgIpc) is 2.94. The second-order valence-corrected chi connectivity index (χ2v) is 5.08. The summed E-state index contributed by atoms with van der Waals surface area (Å²) in [6, 6.07) is -0.337. The first-order chi connectivity index (χ1) is 7.72. The van der Waals surface area contributed by atoms with Gasteiger partial charge in [0.05, 0.1) is 6.04 Å². The van der Waals surface area contributed by atoms with Crippen LogP contribution in [-0.2, 0) is 4.79 Å². The number of nitrogens with zero attached hydrogens (tertiary/aromatic N) is 1. The number of carboxylic acids is 1. The fraction of sp³-hybridized carbons (Fsp3) is 0.636. The maximum atomic E-state index is 11.1. The van der Waals surface area contributed by atoms with Crippen molar-refractivity contribution in [3.05, 3.63) is 16.6 Å². The number of thiazole rings is 1. The number of rotatable bonds is 6.